The van der Waals surface area contributed by atoms with Gasteiger partial charge in [-0.3, -0.25) is 14.8 Å². The van der Waals surface area contributed by atoms with Crippen LogP contribution in [0.2, 0.25) is 10.4 Å². The Morgan fingerprint density at radius 1 is 1.25 bits per heavy atom. The van der Waals surface area contributed by atoms with Gasteiger partial charge in [0.25, 0.3) is 0 Å². The molecule has 1 aliphatic carbocycles. The van der Waals surface area contributed by atoms with Crippen LogP contribution >= 0.6 is 23.2 Å². The Hall–Kier alpha value is -2.50. The molecule has 11 nitrogen and oxygen atoms in total. The van der Waals surface area contributed by atoms with Crippen molar-refractivity contribution < 1.29 is 14.4 Å². The molecule has 3 aromatic rings. The van der Waals surface area contributed by atoms with Gasteiger partial charge in [0.1, 0.15) is 5.69 Å². The van der Waals surface area contributed by atoms with E-state index in [1.165, 1.54) is 6.20 Å². The Morgan fingerprint density at radius 2 is 2.00 bits per heavy atom. The number of nitrogens with zero attached hydrogens (tertiary/aromatic N) is 7. The van der Waals surface area contributed by atoms with Gasteiger partial charge >= 0.3 is 11.6 Å². The predicted octanol–water partition coefficient (Wildman–Crippen LogP) is 4.15. The van der Waals surface area contributed by atoms with Crippen LogP contribution < -0.4 is 4.74 Å². The number of aromatic nitrogens is 6. The monoisotopic (exact) mass is 483 g/mol. The molecule has 0 amide bonds. The number of aryl methyl sites for hydroxylation is 1. The molecule has 172 valence electrons. The highest BCUT2D eigenvalue weighted by Crippen LogP contribution is 2.36. The third kappa shape index (κ3) is 4.50. The molecule has 0 unspecified atom stereocenters. The number of fused-ring (bicyclic) bond motifs is 1. The summed E-state index contributed by atoms with van der Waals surface area (Å²) >= 11 is 12.0. The van der Waals surface area contributed by atoms with Crippen molar-refractivity contribution in [3.63, 3.8) is 0 Å². The van der Waals surface area contributed by atoms with Crippen LogP contribution in [0.15, 0.2) is 6.20 Å². The molecule has 3 heterocycles. The SMILES string of the molecule is CO[C@H]1CC[C@H](n2nc(OCCCn3nc(Cl)c4cnc(Cl)nc43)c([N+](=O)[O-])c2C)CC1. The third-order valence-corrected chi connectivity index (χ3v) is 6.22. The quantitative estimate of drug-likeness (QED) is 0.202. The van der Waals surface area contributed by atoms with E-state index in [0.717, 1.165) is 25.7 Å². The summed E-state index contributed by atoms with van der Waals surface area (Å²) in [5.74, 6) is 0.0371. The molecule has 3 aromatic heterocycles. The van der Waals surface area contributed by atoms with Gasteiger partial charge in [-0.1, -0.05) is 11.6 Å². The van der Waals surface area contributed by atoms with E-state index in [0.29, 0.717) is 29.7 Å². The topological polar surface area (TPSA) is 123 Å². The molecule has 0 N–H and O–H groups in total. The fourth-order valence-electron chi connectivity index (χ4n) is 4.11. The first kappa shape index (κ1) is 22.7. The lowest BCUT2D eigenvalue weighted by Gasteiger charge is -2.28. The first-order valence-electron chi connectivity index (χ1n) is 10.3. The summed E-state index contributed by atoms with van der Waals surface area (Å²) in [6.45, 7) is 2.36. The van der Waals surface area contributed by atoms with Gasteiger partial charge in [0.05, 0.1) is 29.1 Å². The van der Waals surface area contributed by atoms with Crippen LogP contribution in [0, 0.1) is 17.0 Å². The van der Waals surface area contributed by atoms with Crippen molar-refractivity contribution in [2.45, 2.75) is 57.7 Å². The molecule has 32 heavy (non-hydrogen) atoms. The van der Waals surface area contributed by atoms with Gasteiger partial charge in [-0.15, -0.1) is 5.10 Å². The summed E-state index contributed by atoms with van der Waals surface area (Å²) < 4.78 is 14.5. The first-order valence-corrected chi connectivity index (χ1v) is 11.1. The molecule has 1 fully saturated rings. The largest absolute Gasteiger partial charge is 0.472 e. The summed E-state index contributed by atoms with van der Waals surface area (Å²) in [5.41, 5.74) is 0.931. The Labute approximate surface area is 193 Å². The Kier molecular flexibility index (Phi) is 6.77. The molecule has 0 spiro atoms. The second kappa shape index (κ2) is 9.55. The van der Waals surface area contributed by atoms with E-state index in [1.807, 2.05) is 0 Å². The first-order chi connectivity index (χ1) is 15.4. The number of ether oxygens (including phenoxy) is 2. The van der Waals surface area contributed by atoms with E-state index in [-0.39, 0.29) is 40.8 Å². The standard InChI is InChI=1S/C19H23Cl2N7O4/c1-11-15(28(29)30)18(25-27(11)12-4-6-13(31-2)7-5-12)32-9-3-8-26-17-14(16(20)24-26)10-22-19(21)23-17/h10,12-13H,3-9H2,1-2H3/t12-,13-. The molecule has 0 aromatic carbocycles. The van der Waals surface area contributed by atoms with Gasteiger partial charge in [0.15, 0.2) is 10.8 Å². The highest BCUT2D eigenvalue weighted by Gasteiger charge is 2.31. The zero-order chi connectivity index (χ0) is 22.8. The predicted molar refractivity (Wildman–Crippen MR) is 117 cm³/mol. The van der Waals surface area contributed by atoms with E-state index in [9.17, 15) is 10.1 Å². The lowest BCUT2D eigenvalue weighted by molar-refractivity contribution is -0.386. The fraction of sp³-hybridized carbons (Fsp3) is 0.579. The molecule has 13 heteroatoms. The number of hydrogen-bond acceptors (Lipinski definition) is 8. The summed E-state index contributed by atoms with van der Waals surface area (Å²) in [4.78, 5) is 19.3. The molecular formula is C19H23Cl2N7O4. The van der Waals surface area contributed by atoms with E-state index in [2.05, 4.69) is 20.2 Å². The molecule has 1 aliphatic rings. The molecule has 0 radical (unpaired) electrons. The van der Waals surface area contributed by atoms with Crippen LogP contribution in [0.3, 0.4) is 0 Å². The van der Waals surface area contributed by atoms with Crippen molar-refractivity contribution in [3.8, 4) is 5.88 Å². The fourth-order valence-corrected chi connectivity index (χ4v) is 4.47. The number of hydrogen-bond donors (Lipinski definition) is 0. The zero-order valence-electron chi connectivity index (χ0n) is 17.7. The zero-order valence-corrected chi connectivity index (χ0v) is 19.2. The Morgan fingerprint density at radius 3 is 2.69 bits per heavy atom. The van der Waals surface area contributed by atoms with Crippen LogP contribution in [-0.4, -0.2) is 54.3 Å². The van der Waals surface area contributed by atoms with Crippen molar-refractivity contribution in [3.05, 3.63) is 32.4 Å². The Balaban J connectivity index is 1.43. The second-order valence-corrected chi connectivity index (χ2v) is 8.40. The maximum absolute atomic E-state index is 11.7. The minimum absolute atomic E-state index is 0.0371. The van der Waals surface area contributed by atoms with Gasteiger partial charge < -0.3 is 9.47 Å². The normalized spacial score (nSPS) is 18.9. The van der Waals surface area contributed by atoms with Gasteiger partial charge in [0.2, 0.25) is 5.28 Å². The van der Waals surface area contributed by atoms with Gasteiger partial charge in [-0.05, 0) is 44.2 Å². The molecule has 1 saturated carbocycles. The maximum atomic E-state index is 11.7. The van der Waals surface area contributed by atoms with Crippen LogP contribution in [-0.2, 0) is 11.3 Å². The van der Waals surface area contributed by atoms with Crippen molar-refractivity contribution in [1.29, 1.82) is 0 Å². The Bertz CT molecular complexity index is 1120. The van der Waals surface area contributed by atoms with E-state index in [4.69, 9.17) is 32.7 Å². The van der Waals surface area contributed by atoms with Gasteiger partial charge in [-0.2, -0.15) is 10.1 Å². The molecule has 0 atom stereocenters. The second-order valence-electron chi connectivity index (χ2n) is 7.70. The summed E-state index contributed by atoms with van der Waals surface area (Å²) in [5, 5.41) is 21.3. The number of methoxy groups -OCH3 is 1. The average molecular weight is 484 g/mol. The minimum atomic E-state index is -0.436. The lowest BCUT2D eigenvalue weighted by Crippen LogP contribution is -2.24. The highest BCUT2D eigenvalue weighted by molar-refractivity contribution is 6.34. The number of rotatable bonds is 8. The minimum Gasteiger partial charge on any atom is -0.472 e. The van der Waals surface area contributed by atoms with Crippen molar-refractivity contribution in [2.24, 2.45) is 0 Å². The molecular weight excluding hydrogens is 461 g/mol. The van der Waals surface area contributed by atoms with Crippen molar-refractivity contribution >= 4 is 39.9 Å². The highest BCUT2D eigenvalue weighted by atomic mass is 35.5. The molecule has 0 aliphatic heterocycles. The summed E-state index contributed by atoms with van der Waals surface area (Å²) in [7, 11) is 1.71. The van der Waals surface area contributed by atoms with Crippen molar-refractivity contribution in [1.82, 2.24) is 29.5 Å². The van der Waals surface area contributed by atoms with Gasteiger partial charge in [0, 0.05) is 26.3 Å². The number of halogens is 2. The molecule has 0 saturated heterocycles. The van der Waals surface area contributed by atoms with E-state index in [1.54, 1.807) is 23.4 Å². The smallest absolute Gasteiger partial charge is 0.352 e. The average Bonchev–Trinajstić information content (AvgIpc) is 3.27. The summed E-state index contributed by atoms with van der Waals surface area (Å²) in [6.07, 6.45) is 5.78. The third-order valence-electron chi connectivity index (χ3n) is 5.76. The number of nitro groups is 1. The van der Waals surface area contributed by atoms with E-state index >= 15 is 0 Å². The van der Waals surface area contributed by atoms with Crippen LogP contribution in [0.4, 0.5) is 5.69 Å². The van der Waals surface area contributed by atoms with Crippen LogP contribution in [0.1, 0.15) is 43.8 Å². The summed E-state index contributed by atoms with van der Waals surface area (Å²) in [6, 6.07) is 0.0967. The van der Waals surface area contributed by atoms with Crippen LogP contribution in [0.25, 0.3) is 11.0 Å². The maximum Gasteiger partial charge on any atom is 0.352 e. The van der Waals surface area contributed by atoms with Crippen LogP contribution in [0.5, 0.6) is 5.88 Å². The van der Waals surface area contributed by atoms with Gasteiger partial charge in [-0.25, -0.2) is 9.67 Å². The molecule has 0 bridgehead atoms. The molecule has 4 rings (SSSR count). The lowest BCUT2D eigenvalue weighted by atomic mass is 9.93. The van der Waals surface area contributed by atoms with E-state index < -0.39 is 4.92 Å². The van der Waals surface area contributed by atoms with Crippen molar-refractivity contribution in [2.75, 3.05) is 13.7 Å².